The lowest BCUT2D eigenvalue weighted by Crippen LogP contribution is -2.29. The largest absolute Gasteiger partial charge is 0.497 e. The second kappa shape index (κ2) is 7.94. The highest BCUT2D eigenvalue weighted by molar-refractivity contribution is 5.78. The van der Waals surface area contributed by atoms with Crippen molar-refractivity contribution in [1.29, 1.82) is 0 Å². The fraction of sp³-hybridized carbons (Fsp3) is 0.235. The summed E-state index contributed by atoms with van der Waals surface area (Å²) in [6.45, 7) is 0.921. The van der Waals surface area contributed by atoms with E-state index in [4.69, 9.17) is 9.47 Å². The van der Waals surface area contributed by atoms with Crippen molar-refractivity contribution in [2.75, 3.05) is 20.3 Å². The maximum atomic E-state index is 11.7. The number of carbonyl (C=O) groups excluding carboxylic acids is 1. The molecule has 0 atom stereocenters. The molecule has 0 fully saturated rings. The van der Waals surface area contributed by atoms with E-state index >= 15 is 0 Å². The van der Waals surface area contributed by atoms with Crippen LogP contribution >= 0.6 is 0 Å². The minimum Gasteiger partial charge on any atom is -0.497 e. The van der Waals surface area contributed by atoms with Crippen LogP contribution in [0.3, 0.4) is 0 Å². The van der Waals surface area contributed by atoms with E-state index in [-0.39, 0.29) is 5.91 Å². The molecule has 0 heterocycles. The van der Waals surface area contributed by atoms with Gasteiger partial charge in [-0.25, -0.2) is 0 Å². The predicted molar refractivity (Wildman–Crippen MR) is 81.6 cm³/mol. The Kier molecular flexibility index (Phi) is 5.64. The molecule has 4 nitrogen and oxygen atoms in total. The van der Waals surface area contributed by atoms with Crippen LogP contribution in [-0.2, 0) is 11.2 Å². The summed E-state index contributed by atoms with van der Waals surface area (Å²) >= 11 is 0. The van der Waals surface area contributed by atoms with Gasteiger partial charge in [0, 0.05) is 0 Å². The molecule has 0 saturated carbocycles. The van der Waals surface area contributed by atoms with Crippen molar-refractivity contribution in [3.8, 4) is 11.5 Å². The third-order valence-electron chi connectivity index (χ3n) is 2.96. The van der Waals surface area contributed by atoms with Gasteiger partial charge in [-0.05, 0) is 29.8 Å². The lowest BCUT2D eigenvalue weighted by molar-refractivity contribution is -0.120. The smallest absolute Gasteiger partial charge is 0.224 e. The summed E-state index contributed by atoms with van der Waals surface area (Å²) in [5, 5.41) is 2.84. The average molecular weight is 285 g/mol. The Bertz CT molecular complexity index is 552. The highest BCUT2D eigenvalue weighted by Gasteiger charge is 2.02. The number of methoxy groups -OCH3 is 1. The Hall–Kier alpha value is -2.49. The minimum atomic E-state index is -0.000434. The first kappa shape index (κ1) is 14.9. The van der Waals surface area contributed by atoms with Gasteiger partial charge < -0.3 is 14.8 Å². The molecule has 1 amide bonds. The minimum absolute atomic E-state index is 0.000434. The number of benzene rings is 2. The average Bonchev–Trinajstić information content (AvgIpc) is 2.53. The summed E-state index contributed by atoms with van der Waals surface area (Å²) in [7, 11) is 1.62. The topological polar surface area (TPSA) is 47.6 Å². The zero-order valence-corrected chi connectivity index (χ0v) is 12.0. The molecule has 0 aliphatic rings. The van der Waals surface area contributed by atoms with Crippen LogP contribution in [0.2, 0.25) is 0 Å². The SMILES string of the molecule is COc1ccc(OCCNC(=O)Cc2ccccc2)cc1. The number of amides is 1. The van der Waals surface area contributed by atoms with Crippen LogP contribution in [0.15, 0.2) is 54.6 Å². The Morgan fingerprint density at radius 1 is 1.00 bits per heavy atom. The zero-order valence-electron chi connectivity index (χ0n) is 12.0. The van der Waals surface area contributed by atoms with Crippen LogP contribution in [0.4, 0.5) is 0 Å². The van der Waals surface area contributed by atoms with Crippen LogP contribution in [0.1, 0.15) is 5.56 Å². The van der Waals surface area contributed by atoms with Gasteiger partial charge >= 0.3 is 0 Å². The number of hydrogen-bond acceptors (Lipinski definition) is 3. The van der Waals surface area contributed by atoms with Gasteiger partial charge in [0.25, 0.3) is 0 Å². The molecule has 110 valence electrons. The quantitative estimate of drug-likeness (QED) is 0.795. The first-order valence-electron chi connectivity index (χ1n) is 6.85. The Balaban J connectivity index is 1.66. The normalized spacial score (nSPS) is 9.95. The van der Waals surface area contributed by atoms with E-state index in [1.165, 1.54) is 0 Å². The molecule has 0 bridgehead atoms. The molecule has 4 heteroatoms. The van der Waals surface area contributed by atoms with E-state index in [1.807, 2.05) is 54.6 Å². The first-order valence-corrected chi connectivity index (χ1v) is 6.85. The van der Waals surface area contributed by atoms with Crippen molar-refractivity contribution >= 4 is 5.91 Å². The van der Waals surface area contributed by atoms with Gasteiger partial charge in [0.1, 0.15) is 18.1 Å². The fourth-order valence-electron chi connectivity index (χ4n) is 1.88. The van der Waals surface area contributed by atoms with Gasteiger partial charge in [0.05, 0.1) is 20.1 Å². The van der Waals surface area contributed by atoms with Crippen molar-refractivity contribution in [2.24, 2.45) is 0 Å². The van der Waals surface area contributed by atoms with Crippen LogP contribution in [0.5, 0.6) is 11.5 Å². The van der Waals surface area contributed by atoms with Crippen molar-refractivity contribution in [2.45, 2.75) is 6.42 Å². The predicted octanol–water partition coefficient (Wildman–Crippen LogP) is 2.43. The van der Waals surface area contributed by atoms with Crippen LogP contribution in [-0.4, -0.2) is 26.2 Å². The fourth-order valence-corrected chi connectivity index (χ4v) is 1.88. The number of ether oxygens (including phenoxy) is 2. The van der Waals surface area contributed by atoms with Crippen molar-refractivity contribution in [3.63, 3.8) is 0 Å². The van der Waals surface area contributed by atoms with Gasteiger partial charge in [0.15, 0.2) is 0 Å². The van der Waals surface area contributed by atoms with Crippen LogP contribution in [0, 0.1) is 0 Å². The second-order valence-electron chi connectivity index (χ2n) is 4.54. The number of nitrogens with one attached hydrogen (secondary N) is 1. The van der Waals surface area contributed by atoms with Gasteiger partial charge in [-0.2, -0.15) is 0 Å². The second-order valence-corrected chi connectivity index (χ2v) is 4.54. The lowest BCUT2D eigenvalue weighted by atomic mass is 10.1. The summed E-state index contributed by atoms with van der Waals surface area (Å²) in [6.07, 6.45) is 0.392. The van der Waals surface area contributed by atoms with Crippen LogP contribution < -0.4 is 14.8 Å². The van der Waals surface area contributed by atoms with Crippen molar-refractivity contribution in [1.82, 2.24) is 5.32 Å². The first-order chi connectivity index (χ1) is 10.3. The molecule has 21 heavy (non-hydrogen) atoms. The summed E-state index contributed by atoms with van der Waals surface area (Å²) in [6, 6.07) is 17.0. The molecule has 2 rings (SSSR count). The maximum absolute atomic E-state index is 11.7. The summed E-state index contributed by atoms with van der Waals surface area (Å²) in [4.78, 5) is 11.7. The maximum Gasteiger partial charge on any atom is 0.224 e. The molecule has 0 radical (unpaired) electrons. The third kappa shape index (κ3) is 5.18. The number of carbonyl (C=O) groups is 1. The van der Waals surface area contributed by atoms with Gasteiger partial charge in [-0.15, -0.1) is 0 Å². The van der Waals surface area contributed by atoms with Crippen LogP contribution in [0.25, 0.3) is 0 Å². The molecule has 2 aromatic rings. The molecule has 0 unspecified atom stereocenters. The molecule has 0 saturated heterocycles. The standard InChI is InChI=1S/C17H19NO3/c1-20-15-7-9-16(10-8-15)21-12-11-18-17(19)13-14-5-3-2-4-6-14/h2-10H,11-13H2,1H3,(H,18,19). The summed E-state index contributed by atoms with van der Waals surface area (Å²) in [5.41, 5.74) is 1.01. The van der Waals surface area contributed by atoms with E-state index in [1.54, 1.807) is 7.11 Å². The molecule has 0 aliphatic carbocycles. The van der Waals surface area contributed by atoms with Gasteiger partial charge in [-0.1, -0.05) is 30.3 Å². The van der Waals surface area contributed by atoms with Gasteiger partial charge in [0.2, 0.25) is 5.91 Å². The van der Waals surface area contributed by atoms with Crippen molar-refractivity contribution < 1.29 is 14.3 Å². The highest BCUT2D eigenvalue weighted by atomic mass is 16.5. The van der Waals surface area contributed by atoms with Crippen molar-refractivity contribution in [3.05, 3.63) is 60.2 Å². The van der Waals surface area contributed by atoms with E-state index in [2.05, 4.69) is 5.32 Å². The molecular formula is C17H19NO3. The molecule has 0 spiro atoms. The monoisotopic (exact) mass is 285 g/mol. The molecule has 0 aliphatic heterocycles. The summed E-state index contributed by atoms with van der Waals surface area (Å²) < 4.78 is 10.6. The number of hydrogen-bond donors (Lipinski definition) is 1. The third-order valence-corrected chi connectivity index (χ3v) is 2.96. The number of rotatable bonds is 7. The Labute approximate surface area is 124 Å². The summed E-state index contributed by atoms with van der Waals surface area (Å²) in [5.74, 6) is 1.55. The van der Waals surface area contributed by atoms with Gasteiger partial charge in [-0.3, -0.25) is 4.79 Å². The van der Waals surface area contributed by atoms with E-state index in [0.29, 0.717) is 19.6 Å². The Morgan fingerprint density at radius 3 is 2.33 bits per heavy atom. The molecule has 0 aromatic heterocycles. The molecular weight excluding hydrogens is 266 g/mol. The Morgan fingerprint density at radius 2 is 1.67 bits per heavy atom. The molecule has 1 N–H and O–H groups in total. The van der Waals surface area contributed by atoms with E-state index in [0.717, 1.165) is 17.1 Å². The van der Waals surface area contributed by atoms with E-state index < -0.39 is 0 Å². The lowest BCUT2D eigenvalue weighted by Gasteiger charge is -2.08. The zero-order chi connectivity index (χ0) is 14.9. The molecule has 2 aromatic carbocycles. The highest BCUT2D eigenvalue weighted by Crippen LogP contribution is 2.16. The van der Waals surface area contributed by atoms with E-state index in [9.17, 15) is 4.79 Å².